The first-order valence-electron chi connectivity index (χ1n) is 4.58. The maximum absolute atomic E-state index is 4.49. The normalized spacial score (nSPS) is 12.0. The predicted molar refractivity (Wildman–Crippen MR) is 51.2 cm³/mol. The number of hydrogen-bond acceptors (Lipinski definition) is 1. The third-order valence-corrected chi connectivity index (χ3v) is 1.86. The Morgan fingerprint density at radius 3 is 2.50 bits per heavy atom. The van der Waals surface area contributed by atoms with Crippen LogP contribution in [0.25, 0.3) is 0 Å². The molecule has 1 rings (SSSR count). The third-order valence-electron chi connectivity index (χ3n) is 1.86. The summed E-state index contributed by atoms with van der Waals surface area (Å²) in [6.07, 6.45) is 3.20. The number of nitrogens with zero attached hydrogens (tertiary/aromatic N) is 2. The lowest BCUT2D eigenvalue weighted by molar-refractivity contribution is 0.528. The van der Waals surface area contributed by atoms with E-state index in [0.717, 1.165) is 13.0 Å². The second-order valence-electron chi connectivity index (χ2n) is 4.21. The van der Waals surface area contributed by atoms with Crippen LogP contribution >= 0.6 is 0 Å². The van der Waals surface area contributed by atoms with Crippen molar-refractivity contribution < 1.29 is 0 Å². The van der Waals surface area contributed by atoms with Gasteiger partial charge in [-0.2, -0.15) is 5.10 Å². The van der Waals surface area contributed by atoms with Crippen LogP contribution in [0.2, 0.25) is 0 Å². The number of rotatable bonds is 2. The standard InChI is InChI=1S/C10H18N2/c1-5-7-12-8-6-9(11-12)10(2,3)4/h6,8H,5,7H2,1-4H3. The Balaban J connectivity index is 2.77. The molecule has 68 valence electrons. The molecule has 2 heteroatoms. The molecule has 0 amide bonds. The van der Waals surface area contributed by atoms with Crippen LogP contribution in [0, 0.1) is 0 Å². The molecule has 0 aliphatic rings. The van der Waals surface area contributed by atoms with Gasteiger partial charge < -0.3 is 0 Å². The van der Waals surface area contributed by atoms with E-state index in [2.05, 4.69) is 45.1 Å². The fraction of sp³-hybridized carbons (Fsp3) is 0.700. The van der Waals surface area contributed by atoms with Gasteiger partial charge in [0.15, 0.2) is 0 Å². The van der Waals surface area contributed by atoms with Gasteiger partial charge in [-0.1, -0.05) is 27.7 Å². The predicted octanol–water partition coefficient (Wildman–Crippen LogP) is 2.59. The molecule has 0 bridgehead atoms. The molecule has 0 radical (unpaired) electrons. The summed E-state index contributed by atoms with van der Waals surface area (Å²) in [5.74, 6) is 0. The molecule has 1 heterocycles. The smallest absolute Gasteiger partial charge is 0.0677 e. The number of hydrogen-bond donors (Lipinski definition) is 0. The van der Waals surface area contributed by atoms with Gasteiger partial charge in [0.2, 0.25) is 0 Å². The van der Waals surface area contributed by atoms with Gasteiger partial charge >= 0.3 is 0 Å². The summed E-state index contributed by atoms with van der Waals surface area (Å²) in [5, 5.41) is 4.49. The van der Waals surface area contributed by atoms with Gasteiger partial charge in [0.1, 0.15) is 0 Å². The highest BCUT2D eigenvalue weighted by Gasteiger charge is 2.16. The van der Waals surface area contributed by atoms with E-state index in [1.807, 2.05) is 4.68 Å². The van der Waals surface area contributed by atoms with Crippen molar-refractivity contribution in [3.05, 3.63) is 18.0 Å². The van der Waals surface area contributed by atoms with Gasteiger partial charge in [0.25, 0.3) is 0 Å². The maximum Gasteiger partial charge on any atom is 0.0677 e. The molecule has 0 aliphatic heterocycles. The summed E-state index contributed by atoms with van der Waals surface area (Å²) in [6.45, 7) is 9.75. The quantitative estimate of drug-likeness (QED) is 0.660. The van der Waals surface area contributed by atoms with Crippen LogP contribution in [0.3, 0.4) is 0 Å². The van der Waals surface area contributed by atoms with Crippen molar-refractivity contribution in [3.63, 3.8) is 0 Å². The molecule has 0 saturated heterocycles. The van der Waals surface area contributed by atoms with Crippen LogP contribution < -0.4 is 0 Å². The molecule has 0 aliphatic carbocycles. The summed E-state index contributed by atoms with van der Waals surface area (Å²) in [5.41, 5.74) is 1.36. The molecular weight excluding hydrogens is 148 g/mol. The zero-order chi connectivity index (χ0) is 9.19. The fourth-order valence-electron chi connectivity index (χ4n) is 1.12. The minimum Gasteiger partial charge on any atom is -0.272 e. The topological polar surface area (TPSA) is 17.8 Å². The van der Waals surface area contributed by atoms with Gasteiger partial charge in [-0.3, -0.25) is 4.68 Å². The molecule has 0 spiro atoms. The van der Waals surface area contributed by atoms with Crippen LogP contribution in [0.5, 0.6) is 0 Å². The Bertz CT molecular complexity index is 243. The van der Waals surface area contributed by atoms with Crippen molar-refractivity contribution in [1.82, 2.24) is 9.78 Å². The van der Waals surface area contributed by atoms with E-state index >= 15 is 0 Å². The van der Waals surface area contributed by atoms with Crippen molar-refractivity contribution >= 4 is 0 Å². The summed E-state index contributed by atoms with van der Waals surface area (Å²) in [6, 6.07) is 2.11. The molecule has 0 unspecified atom stereocenters. The van der Waals surface area contributed by atoms with E-state index in [4.69, 9.17) is 0 Å². The Morgan fingerprint density at radius 1 is 1.42 bits per heavy atom. The average molecular weight is 166 g/mol. The molecule has 0 N–H and O–H groups in total. The molecule has 0 saturated carbocycles. The highest BCUT2D eigenvalue weighted by molar-refractivity contribution is 5.10. The van der Waals surface area contributed by atoms with Crippen LogP contribution in [-0.2, 0) is 12.0 Å². The molecule has 0 atom stereocenters. The van der Waals surface area contributed by atoms with E-state index in [1.165, 1.54) is 5.69 Å². The monoisotopic (exact) mass is 166 g/mol. The first-order valence-corrected chi connectivity index (χ1v) is 4.58. The van der Waals surface area contributed by atoms with Crippen molar-refractivity contribution in [2.45, 2.75) is 46.1 Å². The van der Waals surface area contributed by atoms with Crippen molar-refractivity contribution in [2.75, 3.05) is 0 Å². The van der Waals surface area contributed by atoms with Crippen LogP contribution in [0.1, 0.15) is 39.8 Å². The Morgan fingerprint density at radius 2 is 2.08 bits per heavy atom. The van der Waals surface area contributed by atoms with Crippen LogP contribution in [0.4, 0.5) is 0 Å². The van der Waals surface area contributed by atoms with E-state index in [9.17, 15) is 0 Å². The van der Waals surface area contributed by atoms with Gasteiger partial charge in [-0.15, -0.1) is 0 Å². The minimum atomic E-state index is 0.180. The molecule has 0 aromatic carbocycles. The van der Waals surface area contributed by atoms with Crippen LogP contribution in [-0.4, -0.2) is 9.78 Å². The Hall–Kier alpha value is -0.790. The summed E-state index contributed by atoms with van der Waals surface area (Å²) >= 11 is 0. The van der Waals surface area contributed by atoms with Gasteiger partial charge in [0, 0.05) is 18.2 Å². The zero-order valence-electron chi connectivity index (χ0n) is 8.46. The summed E-state index contributed by atoms with van der Waals surface area (Å²) in [4.78, 5) is 0. The van der Waals surface area contributed by atoms with E-state index in [0.29, 0.717) is 0 Å². The summed E-state index contributed by atoms with van der Waals surface area (Å²) < 4.78 is 2.01. The van der Waals surface area contributed by atoms with Gasteiger partial charge in [0.05, 0.1) is 5.69 Å². The second-order valence-corrected chi connectivity index (χ2v) is 4.21. The van der Waals surface area contributed by atoms with Gasteiger partial charge in [-0.05, 0) is 12.5 Å². The number of aryl methyl sites for hydroxylation is 1. The third kappa shape index (κ3) is 2.10. The fourth-order valence-corrected chi connectivity index (χ4v) is 1.12. The highest BCUT2D eigenvalue weighted by Crippen LogP contribution is 2.19. The molecular formula is C10H18N2. The van der Waals surface area contributed by atoms with Crippen molar-refractivity contribution in [3.8, 4) is 0 Å². The molecule has 12 heavy (non-hydrogen) atoms. The lowest BCUT2D eigenvalue weighted by atomic mass is 9.93. The van der Waals surface area contributed by atoms with E-state index in [1.54, 1.807) is 0 Å². The molecule has 1 aromatic heterocycles. The highest BCUT2D eigenvalue weighted by atomic mass is 15.3. The van der Waals surface area contributed by atoms with Crippen molar-refractivity contribution in [1.29, 1.82) is 0 Å². The first-order chi connectivity index (χ1) is 5.54. The Labute approximate surface area is 74.6 Å². The largest absolute Gasteiger partial charge is 0.272 e. The summed E-state index contributed by atoms with van der Waals surface area (Å²) in [7, 11) is 0. The van der Waals surface area contributed by atoms with Crippen molar-refractivity contribution in [2.24, 2.45) is 0 Å². The Kier molecular flexibility index (Phi) is 2.55. The lowest BCUT2D eigenvalue weighted by Gasteiger charge is -2.14. The maximum atomic E-state index is 4.49. The van der Waals surface area contributed by atoms with E-state index in [-0.39, 0.29) is 5.41 Å². The minimum absolute atomic E-state index is 0.180. The SMILES string of the molecule is CCCn1ccc(C(C)(C)C)n1. The zero-order valence-corrected chi connectivity index (χ0v) is 8.46. The molecule has 2 nitrogen and oxygen atoms in total. The number of aromatic nitrogens is 2. The first kappa shape index (κ1) is 9.30. The molecule has 1 aromatic rings. The van der Waals surface area contributed by atoms with Gasteiger partial charge in [-0.25, -0.2) is 0 Å². The molecule has 0 fully saturated rings. The van der Waals surface area contributed by atoms with E-state index < -0.39 is 0 Å². The van der Waals surface area contributed by atoms with Crippen LogP contribution in [0.15, 0.2) is 12.3 Å². The average Bonchev–Trinajstić information content (AvgIpc) is 2.35. The lowest BCUT2D eigenvalue weighted by Crippen LogP contribution is -2.12. The second kappa shape index (κ2) is 3.30.